The summed E-state index contributed by atoms with van der Waals surface area (Å²) in [5, 5.41) is 4.37. The second kappa shape index (κ2) is 8.08. The van der Waals surface area contributed by atoms with Gasteiger partial charge in [-0.1, -0.05) is 47.2 Å². The van der Waals surface area contributed by atoms with Crippen LogP contribution in [0.1, 0.15) is 25.0 Å². The summed E-state index contributed by atoms with van der Waals surface area (Å²) in [4.78, 5) is 29.1. The van der Waals surface area contributed by atoms with Crippen molar-refractivity contribution in [2.45, 2.75) is 20.8 Å². The number of thiazole rings is 1. The van der Waals surface area contributed by atoms with Crippen LogP contribution in [0.2, 0.25) is 0 Å². The van der Waals surface area contributed by atoms with Crippen molar-refractivity contribution in [1.82, 2.24) is 14.6 Å². The maximum atomic E-state index is 12.8. The lowest BCUT2D eigenvalue weighted by molar-refractivity contribution is -0.132. The van der Waals surface area contributed by atoms with Gasteiger partial charge in [0.25, 0.3) is 5.56 Å². The Hall–Kier alpha value is -3.52. The molecule has 0 radical (unpaired) electrons. The number of hydrogen-bond acceptors (Lipinski definition) is 7. The van der Waals surface area contributed by atoms with Crippen LogP contribution >= 0.6 is 11.3 Å². The van der Waals surface area contributed by atoms with Crippen LogP contribution in [0.5, 0.6) is 11.5 Å². The van der Waals surface area contributed by atoms with Gasteiger partial charge in [0.2, 0.25) is 4.96 Å². The fourth-order valence-corrected chi connectivity index (χ4v) is 3.84. The standard InChI is InChI=1S/C22H19N3O4S/c1-4-28-18-11-15(7-10-17(18)29-14(3)26)12-19-21(27)25-22(30-19)23-20(24-25)16-8-5-13(2)6-9-16/h5-12H,4H2,1-3H3. The molecule has 0 aliphatic heterocycles. The number of carbonyl (C=O) groups is 1. The minimum absolute atomic E-state index is 0.233. The SMILES string of the molecule is CCOc1cc(C=c2sc3nc(-c4ccc(C)cc4)nn3c2=O)ccc1OC(C)=O. The molecule has 0 N–H and O–H groups in total. The van der Waals surface area contributed by atoms with Crippen LogP contribution in [0.25, 0.3) is 22.4 Å². The van der Waals surface area contributed by atoms with Crippen molar-refractivity contribution < 1.29 is 14.3 Å². The molecule has 30 heavy (non-hydrogen) atoms. The first-order chi connectivity index (χ1) is 14.4. The molecule has 2 aromatic carbocycles. The molecule has 4 aromatic rings. The molecular formula is C22H19N3O4S. The highest BCUT2D eigenvalue weighted by Gasteiger charge is 2.13. The number of carbonyl (C=O) groups excluding carboxylic acids is 1. The average molecular weight is 421 g/mol. The smallest absolute Gasteiger partial charge is 0.308 e. The van der Waals surface area contributed by atoms with Crippen LogP contribution in [-0.4, -0.2) is 27.2 Å². The van der Waals surface area contributed by atoms with Gasteiger partial charge in [0.15, 0.2) is 17.3 Å². The molecule has 2 aromatic heterocycles. The van der Waals surface area contributed by atoms with Crippen LogP contribution in [0.4, 0.5) is 0 Å². The summed E-state index contributed by atoms with van der Waals surface area (Å²) in [5.74, 6) is 0.878. The lowest BCUT2D eigenvalue weighted by atomic mass is 10.1. The van der Waals surface area contributed by atoms with Crippen molar-refractivity contribution in [3.05, 3.63) is 68.5 Å². The minimum Gasteiger partial charge on any atom is -0.490 e. The lowest BCUT2D eigenvalue weighted by Crippen LogP contribution is -2.23. The van der Waals surface area contributed by atoms with Gasteiger partial charge in [-0.25, -0.2) is 0 Å². The molecule has 8 heteroatoms. The number of esters is 1. The fraction of sp³-hybridized carbons (Fsp3) is 0.182. The second-order valence-electron chi connectivity index (χ2n) is 6.64. The molecule has 0 amide bonds. The topological polar surface area (TPSA) is 82.8 Å². The van der Waals surface area contributed by atoms with Crippen molar-refractivity contribution >= 4 is 28.3 Å². The Kier molecular flexibility index (Phi) is 5.33. The number of ether oxygens (including phenoxy) is 2. The van der Waals surface area contributed by atoms with Gasteiger partial charge in [-0.05, 0) is 37.6 Å². The van der Waals surface area contributed by atoms with E-state index in [4.69, 9.17) is 9.47 Å². The Labute approximate surface area is 176 Å². The van der Waals surface area contributed by atoms with Crippen LogP contribution in [0.15, 0.2) is 47.3 Å². The molecule has 0 spiro atoms. The average Bonchev–Trinajstić information content (AvgIpc) is 3.24. The second-order valence-corrected chi connectivity index (χ2v) is 7.65. The van der Waals surface area contributed by atoms with E-state index in [0.717, 1.165) is 16.7 Å². The first kappa shape index (κ1) is 19.8. The highest BCUT2D eigenvalue weighted by atomic mass is 32.1. The van der Waals surface area contributed by atoms with Crippen molar-refractivity contribution in [1.29, 1.82) is 0 Å². The van der Waals surface area contributed by atoms with Crippen molar-refractivity contribution in [2.24, 2.45) is 0 Å². The molecule has 0 fully saturated rings. The van der Waals surface area contributed by atoms with E-state index >= 15 is 0 Å². The van der Waals surface area contributed by atoms with Gasteiger partial charge in [0, 0.05) is 12.5 Å². The maximum absolute atomic E-state index is 12.8. The van der Waals surface area contributed by atoms with Crippen molar-refractivity contribution in [3.63, 3.8) is 0 Å². The van der Waals surface area contributed by atoms with Gasteiger partial charge in [-0.2, -0.15) is 9.50 Å². The lowest BCUT2D eigenvalue weighted by Gasteiger charge is -2.10. The van der Waals surface area contributed by atoms with Gasteiger partial charge in [0.1, 0.15) is 0 Å². The Morgan fingerprint density at radius 2 is 1.93 bits per heavy atom. The van der Waals surface area contributed by atoms with Crippen LogP contribution in [0, 0.1) is 6.92 Å². The summed E-state index contributed by atoms with van der Waals surface area (Å²) in [6.07, 6.45) is 1.75. The molecule has 152 valence electrons. The monoisotopic (exact) mass is 421 g/mol. The fourth-order valence-electron chi connectivity index (χ4n) is 2.93. The Balaban J connectivity index is 1.72. The largest absolute Gasteiger partial charge is 0.490 e. The first-order valence-corrected chi connectivity index (χ1v) is 10.2. The van der Waals surface area contributed by atoms with E-state index in [0.29, 0.717) is 33.4 Å². The molecule has 0 unspecified atom stereocenters. The zero-order valence-electron chi connectivity index (χ0n) is 16.7. The minimum atomic E-state index is -0.426. The molecule has 2 heterocycles. The number of benzene rings is 2. The maximum Gasteiger partial charge on any atom is 0.308 e. The molecule has 0 bridgehead atoms. The summed E-state index contributed by atoms with van der Waals surface area (Å²) in [6, 6.07) is 13.0. The van der Waals surface area contributed by atoms with E-state index in [1.165, 1.54) is 22.8 Å². The molecule has 0 aliphatic rings. The van der Waals surface area contributed by atoms with E-state index in [2.05, 4.69) is 10.1 Å². The number of fused-ring (bicyclic) bond motifs is 1. The molecule has 4 rings (SSSR count). The third-order valence-corrected chi connectivity index (χ3v) is 5.27. The summed E-state index contributed by atoms with van der Waals surface area (Å²) in [5.41, 5.74) is 2.52. The van der Waals surface area contributed by atoms with E-state index in [9.17, 15) is 9.59 Å². The zero-order valence-corrected chi connectivity index (χ0v) is 17.5. The molecule has 0 aliphatic carbocycles. The van der Waals surface area contributed by atoms with Crippen LogP contribution < -0.4 is 19.6 Å². The van der Waals surface area contributed by atoms with Gasteiger partial charge in [0.05, 0.1) is 11.1 Å². The quantitative estimate of drug-likeness (QED) is 0.364. The summed E-state index contributed by atoms with van der Waals surface area (Å²) in [6.45, 7) is 5.60. The Bertz CT molecular complexity index is 1340. The molecule has 0 saturated carbocycles. The predicted octanol–water partition coefficient (Wildman–Crippen LogP) is 3.00. The van der Waals surface area contributed by atoms with E-state index in [1.807, 2.05) is 38.1 Å². The molecule has 7 nitrogen and oxygen atoms in total. The van der Waals surface area contributed by atoms with Gasteiger partial charge in [-0.15, -0.1) is 5.10 Å². The molecular weight excluding hydrogens is 402 g/mol. The van der Waals surface area contributed by atoms with Gasteiger partial charge < -0.3 is 9.47 Å². The molecule has 0 saturated heterocycles. The summed E-state index contributed by atoms with van der Waals surface area (Å²) < 4.78 is 12.6. The number of nitrogens with zero attached hydrogens (tertiary/aromatic N) is 3. The number of hydrogen-bond donors (Lipinski definition) is 0. The third kappa shape index (κ3) is 3.95. The first-order valence-electron chi connectivity index (χ1n) is 9.38. The summed E-state index contributed by atoms with van der Waals surface area (Å²) in [7, 11) is 0. The van der Waals surface area contributed by atoms with Crippen LogP contribution in [-0.2, 0) is 4.79 Å². The highest BCUT2D eigenvalue weighted by Crippen LogP contribution is 2.29. The highest BCUT2D eigenvalue weighted by molar-refractivity contribution is 7.15. The number of aryl methyl sites for hydroxylation is 1. The van der Waals surface area contributed by atoms with Gasteiger partial charge >= 0.3 is 5.97 Å². The van der Waals surface area contributed by atoms with E-state index < -0.39 is 5.97 Å². The zero-order chi connectivity index (χ0) is 21.3. The third-order valence-electron chi connectivity index (χ3n) is 4.31. The number of aromatic nitrogens is 3. The van der Waals surface area contributed by atoms with E-state index in [-0.39, 0.29) is 5.56 Å². The van der Waals surface area contributed by atoms with Crippen molar-refractivity contribution in [2.75, 3.05) is 6.61 Å². The predicted molar refractivity (Wildman–Crippen MR) is 115 cm³/mol. The Morgan fingerprint density at radius 1 is 1.17 bits per heavy atom. The number of rotatable bonds is 5. The van der Waals surface area contributed by atoms with E-state index in [1.54, 1.807) is 24.3 Å². The normalized spacial score (nSPS) is 11.8. The Morgan fingerprint density at radius 3 is 2.60 bits per heavy atom. The van der Waals surface area contributed by atoms with Gasteiger partial charge in [-0.3, -0.25) is 9.59 Å². The summed E-state index contributed by atoms with van der Waals surface area (Å²) >= 11 is 1.27. The van der Waals surface area contributed by atoms with Crippen molar-refractivity contribution in [3.8, 4) is 22.9 Å². The van der Waals surface area contributed by atoms with Crippen LogP contribution in [0.3, 0.4) is 0 Å². The molecule has 0 atom stereocenters.